The Morgan fingerprint density at radius 1 is 1.37 bits per heavy atom. The van der Waals surface area contributed by atoms with Gasteiger partial charge < -0.3 is 15.0 Å². The molecular formula is C14H17N3O2. The third kappa shape index (κ3) is 2.10. The number of rotatable bonds is 2. The van der Waals surface area contributed by atoms with Gasteiger partial charge in [0.2, 0.25) is 5.89 Å². The Morgan fingerprint density at radius 2 is 2.21 bits per heavy atom. The molecule has 2 aromatic rings. The van der Waals surface area contributed by atoms with Crippen LogP contribution in [-0.4, -0.2) is 17.3 Å². The van der Waals surface area contributed by atoms with Crippen molar-refractivity contribution in [3.8, 4) is 5.75 Å². The number of nitrogens with two attached hydrogens (primary N) is 1. The molecule has 1 unspecified atom stereocenters. The lowest BCUT2D eigenvalue weighted by Gasteiger charge is -2.32. The fraction of sp³-hybridized carbons (Fsp3) is 0.429. The first-order chi connectivity index (χ1) is 9.10. The molecule has 0 fully saturated rings. The van der Waals surface area contributed by atoms with Gasteiger partial charge in [-0.05, 0) is 42.5 Å². The molecule has 1 atom stereocenters. The fourth-order valence-electron chi connectivity index (χ4n) is 2.62. The van der Waals surface area contributed by atoms with E-state index in [0.29, 0.717) is 18.1 Å². The molecule has 1 aliphatic carbocycles. The summed E-state index contributed by atoms with van der Waals surface area (Å²) in [7, 11) is 1.67. The van der Waals surface area contributed by atoms with Crippen LogP contribution in [0.5, 0.6) is 5.75 Å². The first-order valence-corrected chi connectivity index (χ1v) is 6.36. The quantitative estimate of drug-likeness (QED) is 0.889. The molecule has 1 heterocycles. The lowest BCUT2D eigenvalue weighted by Crippen LogP contribution is -2.43. The molecule has 100 valence electrons. The van der Waals surface area contributed by atoms with Crippen LogP contribution >= 0.6 is 0 Å². The molecule has 5 nitrogen and oxygen atoms in total. The van der Waals surface area contributed by atoms with E-state index in [0.717, 1.165) is 18.6 Å². The van der Waals surface area contributed by atoms with Gasteiger partial charge in [-0.15, -0.1) is 0 Å². The van der Waals surface area contributed by atoms with Crippen LogP contribution in [0.2, 0.25) is 0 Å². The van der Waals surface area contributed by atoms with Crippen molar-refractivity contribution in [1.82, 2.24) is 10.1 Å². The van der Waals surface area contributed by atoms with Crippen LogP contribution in [0.1, 0.15) is 29.3 Å². The Hall–Kier alpha value is -1.88. The maximum Gasteiger partial charge on any atom is 0.223 e. The molecule has 5 heteroatoms. The lowest BCUT2D eigenvalue weighted by molar-refractivity contribution is 0.327. The highest BCUT2D eigenvalue weighted by Gasteiger charge is 2.36. The number of fused-ring (bicyclic) bond motifs is 1. The van der Waals surface area contributed by atoms with Gasteiger partial charge in [0, 0.05) is 6.92 Å². The average Bonchev–Trinajstić information content (AvgIpc) is 2.85. The van der Waals surface area contributed by atoms with Crippen LogP contribution in [0, 0.1) is 6.92 Å². The number of benzene rings is 1. The average molecular weight is 259 g/mol. The van der Waals surface area contributed by atoms with E-state index in [9.17, 15) is 0 Å². The maximum atomic E-state index is 6.47. The zero-order chi connectivity index (χ0) is 13.5. The summed E-state index contributed by atoms with van der Waals surface area (Å²) in [5.41, 5.74) is 8.46. The summed E-state index contributed by atoms with van der Waals surface area (Å²) in [6.45, 7) is 1.78. The summed E-state index contributed by atoms with van der Waals surface area (Å²) in [4.78, 5) is 4.29. The molecule has 3 rings (SSSR count). The Labute approximate surface area is 111 Å². The number of methoxy groups -OCH3 is 1. The molecule has 1 aromatic heterocycles. The Morgan fingerprint density at radius 3 is 2.89 bits per heavy atom. The van der Waals surface area contributed by atoms with Crippen molar-refractivity contribution in [2.24, 2.45) is 5.73 Å². The number of nitrogens with zero attached hydrogens (tertiary/aromatic N) is 2. The highest BCUT2D eigenvalue weighted by molar-refractivity contribution is 5.39. The van der Waals surface area contributed by atoms with Crippen molar-refractivity contribution in [3.05, 3.63) is 41.0 Å². The number of ether oxygens (including phenoxy) is 1. The number of hydrogen-bond acceptors (Lipinski definition) is 5. The number of hydrogen-bond donors (Lipinski definition) is 1. The standard InChI is InChI=1S/C14H17N3O2/c1-9-16-13(17-19-9)14(15)6-5-10-3-4-12(18-2)7-11(10)8-14/h3-4,7H,5-6,8,15H2,1-2H3. The van der Waals surface area contributed by atoms with Crippen molar-refractivity contribution >= 4 is 0 Å². The first-order valence-electron chi connectivity index (χ1n) is 6.36. The van der Waals surface area contributed by atoms with E-state index in [4.69, 9.17) is 15.0 Å². The van der Waals surface area contributed by atoms with Crippen molar-refractivity contribution < 1.29 is 9.26 Å². The SMILES string of the molecule is COc1ccc2c(c1)CC(N)(c1noc(C)n1)CC2. The van der Waals surface area contributed by atoms with Crippen LogP contribution in [-0.2, 0) is 18.4 Å². The molecule has 0 spiro atoms. The van der Waals surface area contributed by atoms with Gasteiger partial charge in [-0.2, -0.15) is 4.98 Å². The largest absolute Gasteiger partial charge is 0.497 e. The highest BCUT2D eigenvalue weighted by atomic mass is 16.5. The summed E-state index contributed by atoms with van der Waals surface area (Å²) < 4.78 is 10.3. The Balaban J connectivity index is 1.96. The van der Waals surface area contributed by atoms with E-state index in [-0.39, 0.29) is 0 Å². The van der Waals surface area contributed by atoms with E-state index in [1.807, 2.05) is 12.1 Å². The molecule has 0 saturated carbocycles. The normalized spacial score (nSPS) is 22.1. The van der Waals surface area contributed by atoms with E-state index < -0.39 is 5.54 Å². The Kier molecular flexibility index (Phi) is 2.78. The molecule has 0 saturated heterocycles. The summed E-state index contributed by atoms with van der Waals surface area (Å²) >= 11 is 0. The Bertz CT molecular complexity index is 608. The molecule has 0 radical (unpaired) electrons. The van der Waals surface area contributed by atoms with E-state index in [1.54, 1.807) is 14.0 Å². The van der Waals surface area contributed by atoms with Crippen molar-refractivity contribution in [2.45, 2.75) is 31.7 Å². The number of aryl methyl sites for hydroxylation is 2. The molecule has 0 amide bonds. The van der Waals surface area contributed by atoms with Crippen molar-refractivity contribution in [3.63, 3.8) is 0 Å². The third-order valence-electron chi connectivity index (χ3n) is 3.73. The minimum atomic E-state index is -0.545. The summed E-state index contributed by atoms with van der Waals surface area (Å²) in [5, 5.41) is 3.98. The molecule has 2 N–H and O–H groups in total. The molecular weight excluding hydrogens is 242 g/mol. The predicted molar refractivity (Wildman–Crippen MR) is 69.9 cm³/mol. The molecule has 0 aliphatic heterocycles. The molecule has 1 aromatic carbocycles. The topological polar surface area (TPSA) is 74.2 Å². The summed E-state index contributed by atoms with van der Waals surface area (Å²) in [5.74, 6) is 2.00. The predicted octanol–water partition coefficient (Wildman–Crippen LogP) is 1.73. The van der Waals surface area contributed by atoms with Gasteiger partial charge in [-0.1, -0.05) is 11.2 Å². The van der Waals surface area contributed by atoms with Crippen molar-refractivity contribution in [1.29, 1.82) is 0 Å². The molecule has 19 heavy (non-hydrogen) atoms. The second-order valence-electron chi connectivity index (χ2n) is 5.10. The molecule has 0 bridgehead atoms. The minimum Gasteiger partial charge on any atom is -0.497 e. The van der Waals surface area contributed by atoms with Gasteiger partial charge in [0.25, 0.3) is 0 Å². The highest BCUT2D eigenvalue weighted by Crippen LogP contribution is 2.34. The van der Waals surface area contributed by atoms with Gasteiger partial charge in [0.05, 0.1) is 12.6 Å². The zero-order valence-corrected chi connectivity index (χ0v) is 11.1. The maximum absolute atomic E-state index is 6.47. The van der Waals surface area contributed by atoms with Gasteiger partial charge in [0.1, 0.15) is 5.75 Å². The van der Waals surface area contributed by atoms with Gasteiger partial charge in [-0.3, -0.25) is 0 Å². The second kappa shape index (κ2) is 4.35. The van der Waals surface area contributed by atoms with Gasteiger partial charge in [0.15, 0.2) is 5.82 Å². The van der Waals surface area contributed by atoms with Crippen LogP contribution in [0.4, 0.5) is 0 Å². The number of aromatic nitrogens is 2. The second-order valence-corrected chi connectivity index (χ2v) is 5.10. The van der Waals surface area contributed by atoms with E-state index >= 15 is 0 Å². The van der Waals surface area contributed by atoms with Crippen molar-refractivity contribution in [2.75, 3.05) is 7.11 Å². The zero-order valence-electron chi connectivity index (χ0n) is 11.1. The van der Waals surface area contributed by atoms with Gasteiger partial charge >= 0.3 is 0 Å². The van der Waals surface area contributed by atoms with E-state index in [1.165, 1.54) is 11.1 Å². The monoisotopic (exact) mass is 259 g/mol. The van der Waals surface area contributed by atoms with Crippen LogP contribution in [0.15, 0.2) is 22.7 Å². The lowest BCUT2D eigenvalue weighted by atomic mass is 9.78. The molecule has 1 aliphatic rings. The summed E-state index contributed by atoms with van der Waals surface area (Å²) in [6, 6.07) is 6.14. The fourth-order valence-corrected chi connectivity index (χ4v) is 2.62. The third-order valence-corrected chi connectivity index (χ3v) is 3.73. The summed E-state index contributed by atoms with van der Waals surface area (Å²) in [6.07, 6.45) is 2.45. The first kappa shape index (κ1) is 12.2. The smallest absolute Gasteiger partial charge is 0.223 e. The van der Waals surface area contributed by atoms with Crippen LogP contribution in [0.3, 0.4) is 0 Å². The van der Waals surface area contributed by atoms with Crippen LogP contribution < -0.4 is 10.5 Å². The van der Waals surface area contributed by atoms with E-state index in [2.05, 4.69) is 16.2 Å². The van der Waals surface area contributed by atoms with Gasteiger partial charge in [-0.25, -0.2) is 0 Å². The minimum absolute atomic E-state index is 0.545. The van der Waals surface area contributed by atoms with Crippen LogP contribution in [0.25, 0.3) is 0 Å².